The Kier molecular flexibility index (Phi) is 3.65. The molecule has 17 heavy (non-hydrogen) atoms. The van der Waals surface area contributed by atoms with E-state index in [-0.39, 0.29) is 5.57 Å². The molecule has 4 N–H and O–H groups in total. The molecule has 0 radical (unpaired) electrons. The largest absolute Gasteiger partial charge is 0.480 e. The van der Waals surface area contributed by atoms with Gasteiger partial charge < -0.3 is 15.9 Å². The van der Waals surface area contributed by atoms with Crippen LogP contribution >= 0.6 is 0 Å². The molecule has 1 rings (SSSR count). The number of carbonyl (C=O) groups is 2. The Balaban J connectivity index is 3.25. The van der Waals surface area contributed by atoms with Gasteiger partial charge in [0.1, 0.15) is 5.54 Å². The first kappa shape index (κ1) is 12.9. The summed E-state index contributed by atoms with van der Waals surface area (Å²) in [5, 5.41) is 17.9. The van der Waals surface area contributed by atoms with Crippen molar-refractivity contribution in [1.82, 2.24) is 0 Å². The second kappa shape index (κ2) is 4.80. The van der Waals surface area contributed by atoms with E-state index in [1.54, 1.807) is 30.3 Å². The fourth-order valence-corrected chi connectivity index (χ4v) is 1.25. The first-order valence-corrected chi connectivity index (χ1v) is 4.88. The van der Waals surface area contributed by atoms with Gasteiger partial charge in [-0.15, -0.1) is 0 Å². The Bertz CT molecular complexity index is 463. The van der Waals surface area contributed by atoms with Gasteiger partial charge in [-0.25, -0.2) is 9.59 Å². The number of rotatable bonds is 4. The zero-order valence-electron chi connectivity index (χ0n) is 9.25. The summed E-state index contributed by atoms with van der Waals surface area (Å²) in [4.78, 5) is 21.9. The fourth-order valence-electron chi connectivity index (χ4n) is 1.25. The van der Waals surface area contributed by atoms with Crippen molar-refractivity contribution >= 4 is 17.5 Å². The molecule has 0 fully saturated rings. The summed E-state index contributed by atoms with van der Waals surface area (Å²) in [6, 6.07) is 8.24. The van der Waals surface area contributed by atoms with Crippen molar-refractivity contribution < 1.29 is 19.8 Å². The predicted molar refractivity (Wildman–Crippen MR) is 62.3 cm³/mol. The third-order valence-corrected chi connectivity index (χ3v) is 2.22. The van der Waals surface area contributed by atoms with Crippen molar-refractivity contribution in [3.63, 3.8) is 0 Å². The van der Waals surface area contributed by atoms with Gasteiger partial charge in [0.2, 0.25) is 0 Å². The van der Waals surface area contributed by atoms with Crippen LogP contribution in [-0.2, 0) is 9.59 Å². The van der Waals surface area contributed by atoms with Gasteiger partial charge in [0.15, 0.2) is 0 Å². The number of hydrogen-bond donors (Lipinski definition) is 3. The van der Waals surface area contributed by atoms with Gasteiger partial charge in [-0.2, -0.15) is 0 Å². The van der Waals surface area contributed by atoms with Crippen LogP contribution in [0.4, 0.5) is 0 Å². The zero-order valence-corrected chi connectivity index (χ0v) is 9.25. The van der Waals surface area contributed by atoms with Crippen LogP contribution in [0.5, 0.6) is 0 Å². The summed E-state index contributed by atoms with van der Waals surface area (Å²) < 4.78 is 0. The van der Waals surface area contributed by atoms with Crippen molar-refractivity contribution in [1.29, 1.82) is 0 Å². The summed E-state index contributed by atoms with van der Waals surface area (Å²) in [6.07, 6.45) is 1.03. The van der Waals surface area contributed by atoms with Gasteiger partial charge in [0.05, 0.1) is 5.57 Å². The van der Waals surface area contributed by atoms with Crippen molar-refractivity contribution in [2.45, 2.75) is 12.5 Å². The molecule has 0 aromatic heterocycles. The molecular formula is C12H13NO4. The normalized spacial score (nSPS) is 15.1. The van der Waals surface area contributed by atoms with Crippen molar-refractivity contribution in [2.24, 2.45) is 5.73 Å². The molecule has 0 heterocycles. The van der Waals surface area contributed by atoms with Crippen LogP contribution in [0.25, 0.3) is 5.57 Å². The molecule has 90 valence electrons. The summed E-state index contributed by atoms with van der Waals surface area (Å²) in [5.41, 5.74) is 4.07. The summed E-state index contributed by atoms with van der Waals surface area (Å²) in [7, 11) is 0. The lowest BCUT2D eigenvalue weighted by atomic mass is 9.96. The number of hydrogen-bond acceptors (Lipinski definition) is 3. The molecule has 1 unspecified atom stereocenters. The lowest BCUT2D eigenvalue weighted by Crippen LogP contribution is -2.43. The summed E-state index contributed by atoms with van der Waals surface area (Å²) in [6.45, 7) is 1.24. The van der Waals surface area contributed by atoms with Crippen LogP contribution in [0, 0.1) is 0 Å². The topological polar surface area (TPSA) is 101 Å². The number of benzene rings is 1. The number of aliphatic carboxylic acids is 2. The van der Waals surface area contributed by atoms with Gasteiger partial charge in [-0.3, -0.25) is 0 Å². The van der Waals surface area contributed by atoms with E-state index in [0.717, 1.165) is 6.08 Å². The Hall–Kier alpha value is -2.14. The van der Waals surface area contributed by atoms with E-state index in [0.29, 0.717) is 5.56 Å². The molecule has 1 aromatic carbocycles. The predicted octanol–water partition coefficient (Wildman–Crippen LogP) is 0.957. The van der Waals surface area contributed by atoms with E-state index in [4.69, 9.17) is 15.9 Å². The second-order valence-electron chi connectivity index (χ2n) is 3.82. The SMILES string of the molecule is CC(N)(/C=C(/C(=O)O)c1ccccc1)C(=O)O. The highest BCUT2D eigenvalue weighted by Gasteiger charge is 2.27. The zero-order chi connectivity index (χ0) is 13.1. The summed E-state index contributed by atoms with van der Waals surface area (Å²) in [5.74, 6) is -2.50. The average Bonchev–Trinajstić information content (AvgIpc) is 2.26. The van der Waals surface area contributed by atoms with Gasteiger partial charge in [0.25, 0.3) is 0 Å². The highest BCUT2D eigenvalue weighted by atomic mass is 16.4. The van der Waals surface area contributed by atoms with Gasteiger partial charge >= 0.3 is 11.9 Å². The molecular weight excluding hydrogens is 222 g/mol. The molecule has 0 saturated carbocycles. The number of carboxylic acid groups (broad SMARTS) is 2. The molecule has 0 spiro atoms. The minimum atomic E-state index is -1.72. The van der Waals surface area contributed by atoms with Crippen molar-refractivity contribution in [3.8, 4) is 0 Å². The van der Waals surface area contributed by atoms with Crippen molar-refractivity contribution in [2.75, 3.05) is 0 Å². The van der Waals surface area contributed by atoms with Crippen LogP contribution in [0.2, 0.25) is 0 Å². The molecule has 5 heteroatoms. The monoisotopic (exact) mass is 235 g/mol. The maximum atomic E-state index is 11.1. The molecule has 5 nitrogen and oxygen atoms in total. The van der Waals surface area contributed by atoms with E-state index >= 15 is 0 Å². The van der Waals surface area contributed by atoms with E-state index in [2.05, 4.69) is 0 Å². The Morgan fingerprint density at radius 2 is 1.76 bits per heavy atom. The van der Waals surface area contributed by atoms with Crippen molar-refractivity contribution in [3.05, 3.63) is 42.0 Å². The van der Waals surface area contributed by atoms with Crippen LogP contribution in [0.3, 0.4) is 0 Å². The second-order valence-corrected chi connectivity index (χ2v) is 3.82. The van der Waals surface area contributed by atoms with Crippen LogP contribution in [-0.4, -0.2) is 27.7 Å². The Morgan fingerprint density at radius 3 is 2.18 bits per heavy atom. The first-order valence-electron chi connectivity index (χ1n) is 4.88. The maximum absolute atomic E-state index is 11.1. The van der Waals surface area contributed by atoms with Gasteiger partial charge in [-0.1, -0.05) is 30.3 Å². The lowest BCUT2D eigenvalue weighted by molar-refractivity contribution is -0.140. The molecule has 0 aliphatic carbocycles. The molecule has 0 aliphatic heterocycles. The standard InChI is InChI=1S/C12H13NO4/c1-12(13,11(16)17)7-9(10(14)15)8-5-3-2-4-6-8/h2-7H,13H2,1H3,(H,14,15)(H,16,17)/b9-7+. The van der Waals surface area contributed by atoms with E-state index in [9.17, 15) is 9.59 Å². The third kappa shape index (κ3) is 3.15. The minimum absolute atomic E-state index is 0.127. The lowest BCUT2D eigenvalue weighted by Gasteiger charge is -2.15. The third-order valence-electron chi connectivity index (χ3n) is 2.22. The molecule has 1 atom stereocenters. The first-order chi connectivity index (χ1) is 7.84. The highest BCUT2D eigenvalue weighted by molar-refractivity contribution is 6.16. The average molecular weight is 235 g/mol. The van der Waals surface area contributed by atoms with Crippen LogP contribution in [0.1, 0.15) is 12.5 Å². The van der Waals surface area contributed by atoms with Gasteiger partial charge in [-0.05, 0) is 18.6 Å². The van der Waals surface area contributed by atoms with Crippen LogP contribution in [0.15, 0.2) is 36.4 Å². The van der Waals surface area contributed by atoms with E-state index < -0.39 is 17.5 Å². The van der Waals surface area contributed by atoms with Gasteiger partial charge in [0, 0.05) is 0 Å². The van der Waals surface area contributed by atoms with Crippen LogP contribution < -0.4 is 5.73 Å². The Morgan fingerprint density at radius 1 is 1.24 bits per heavy atom. The number of nitrogens with two attached hydrogens (primary N) is 1. The molecule has 0 aliphatic rings. The Labute approximate surface area is 98.2 Å². The summed E-state index contributed by atoms with van der Waals surface area (Å²) >= 11 is 0. The fraction of sp³-hybridized carbons (Fsp3) is 0.167. The highest BCUT2D eigenvalue weighted by Crippen LogP contribution is 2.18. The smallest absolute Gasteiger partial charge is 0.336 e. The maximum Gasteiger partial charge on any atom is 0.336 e. The quantitative estimate of drug-likeness (QED) is 0.675. The molecule has 0 amide bonds. The van der Waals surface area contributed by atoms with E-state index in [1.807, 2.05) is 0 Å². The minimum Gasteiger partial charge on any atom is -0.480 e. The molecule has 1 aromatic rings. The number of carboxylic acids is 2. The molecule has 0 bridgehead atoms. The van der Waals surface area contributed by atoms with E-state index in [1.165, 1.54) is 6.92 Å². The molecule has 0 saturated heterocycles.